The molecule has 0 radical (unpaired) electrons. The Morgan fingerprint density at radius 3 is 0.545 bits per heavy atom. The van der Waals surface area contributed by atoms with Crippen molar-refractivity contribution in [3.63, 3.8) is 0 Å². The van der Waals surface area contributed by atoms with Crippen LogP contribution < -0.4 is 14.0 Å². The smallest absolute Gasteiger partial charge is 0.412 e. The maximum atomic E-state index is 8.41. The van der Waals surface area contributed by atoms with E-state index in [0.717, 1.165) is 0 Å². The number of rotatable bonds is 0. The molecule has 0 saturated heterocycles. The van der Waals surface area contributed by atoms with Crippen molar-refractivity contribution >= 4 is 0 Å². The molecule has 0 heterocycles. The molecule has 0 saturated carbocycles. The van der Waals surface area contributed by atoms with Crippen LogP contribution in [0.25, 0.3) is 0 Å². The first-order chi connectivity index (χ1) is 1.73. The molecule has 11 heavy (non-hydrogen) atoms. The molecule has 0 spiro atoms. The Balaban J connectivity index is -0.00000000214. The Bertz CT molecular complexity index is 14.3. The second kappa shape index (κ2) is 79.0. The van der Waals surface area contributed by atoms with Gasteiger partial charge in [0.05, 0.1) is 10.8 Å². The number of hydrogen-bond acceptors (Lipinski definition) is 3. The molecule has 0 rings (SSSR count). The van der Waals surface area contributed by atoms with Crippen LogP contribution >= 0.6 is 0 Å². The number of halogens is 1. The Hall–Kier alpha value is 0.424. The zero-order chi connectivity index (χ0) is 3.58. The third-order valence-corrected chi connectivity index (χ3v) is 0. The minimum Gasteiger partial charge on any atom is -0.412 e. The monoisotopic (exact) mass is 249 g/mol. The Morgan fingerprint density at radius 2 is 0.545 bits per heavy atom. The van der Waals surface area contributed by atoms with Crippen molar-refractivity contribution in [3.05, 3.63) is 0 Å². The van der Waals surface area contributed by atoms with E-state index in [0.29, 0.717) is 0 Å². The van der Waals surface area contributed by atoms with Crippen LogP contribution in [0.3, 0.4) is 0 Å². The predicted molar refractivity (Wildman–Crippen MR) is 21.7 cm³/mol. The van der Waals surface area contributed by atoms with Gasteiger partial charge in [-0.1, -0.05) is 0 Å². The van der Waals surface area contributed by atoms with Crippen LogP contribution in [0.2, 0.25) is 0 Å². The molecule has 0 aliphatic heterocycles. The fourth-order valence-electron chi connectivity index (χ4n) is 0. The molecule has 0 aliphatic rings. The van der Waals surface area contributed by atoms with E-state index in [-0.39, 0.29) is 49.3 Å². The summed E-state index contributed by atoms with van der Waals surface area (Å²) in [5, 5.41) is 0. The molecule has 0 unspecified atom stereocenters. The van der Waals surface area contributed by atoms with Crippen molar-refractivity contribution in [1.82, 2.24) is 0 Å². The van der Waals surface area contributed by atoms with Crippen molar-refractivity contribution in [1.29, 1.82) is 0 Å². The first-order valence-electron chi connectivity index (χ1n) is 0.463. The molecule has 82 valence electrons. The minimum absolute atomic E-state index is 0. The van der Waals surface area contributed by atoms with Crippen molar-refractivity contribution in [3.8, 4) is 0 Å². The van der Waals surface area contributed by atoms with E-state index < -0.39 is 10.8 Å². The summed E-state index contributed by atoms with van der Waals surface area (Å²) in [5.41, 5.74) is 0. The first kappa shape index (κ1) is 106. The van der Waals surface area contributed by atoms with E-state index in [1.54, 1.807) is 0 Å². The molecule has 0 bridgehead atoms. The maximum Gasteiger partial charge on any atom is 2.00 e. The van der Waals surface area contributed by atoms with Crippen molar-refractivity contribution in [2.45, 2.75) is 0 Å². The second-order valence-electron chi connectivity index (χ2n) is 0.189. The third-order valence-electron chi connectivity index (χ3n) is 0. The molecule has 0 fully saturated rings. The van der Waals surface area contributed by atoms with E-state index in [2.05, 4.69) is 0 Å². The van der Waals surface area contributed by atoms with Gasteiger partial charge in [0.2, 0.25) is 0 Å². The van der Waals surface area contributed by atoms with Crippen molar-refractivity contribution in [2.24, 2.45) is 0 Å². The van der Waals surface area contributed by atoms with E-state index in [1.807, 2.05) is 0 Å². The zero-order valence-corrected chi connectivity index (χ0v) is 6.66. The van der Waals surface area contributed by atoms with Crippen molar-refractivity contribution in [2.75, 3.05) is 0 Å². The summed E-state index contributed by atoms with van der Waals surface area (Å²) in [6.45, 7) is 0. The van der Waals surface area contributed by atoms with Gasteiger partial charge in [-0.25, -0.2) is 0 Å². The zero-order valence-electron chi connectivity index (χ0n) is 4.92. The molecule has 0 aromatic carbocycles. The summed E-state index contributed by atoms with van der Waals surface area (Å²) in [6, 6.07) is 0. The van der Waals surface area contributed by atoms with E-state index in [9.17, 15) is 0 Å². The normalized spacial score (nSPS) is 3.27. The SMILES string of the molecule is O.O.O.O.O.O.[Ni+2].[O-][Cl+2]([O-])[O-]. The van der Waals surface area contributed by atoms with Crippen LogP contribution in [0.4, 0.5) is 0 Å². The average molecular weight is 250 g/mol. The summed E-state index contributed by atoms with van der Waals surface area (Å²) >= 11 is 0. The maximum absolute atomic E-state index is 8.41. The van der Waals surface area contributed by atoms with Gasteiger partial charge in [0.15, 0.2) is 0 Å². The third kappa shape index (κ3) is 4120. The Labute approximate surface area is 74.8 Å². The van der Waals surface area contributed by atoms with E-state index in [4.69, 9.17) is 14.0 Å². The summed E-state index contributed by atoms with van der Waals surface area (Å²) in [7, 11) is -2.85. The fourth-order valence-corrected chi connectivity index (χ4v) is 0. The Morgan fingerprint density at radius 1 is 0.545 bits per heavy atom. The molecule has 9 nitrogen and oxygen atoms in total. The second-order valence-corrected chi connectivity index (χ2v) is 0.567. The molecule has 12 N–H and O–H groups in total. The van der Waals surface area contributed by atoms with E-state index in [1.165, 1.54) is 0 Å². The molecule has 0 aromatic heterocycles. The van der Waals surface area contributed by atoms with Crippen LogP contribution in [0.5, 0.6) is 0 Å². The molecular weight excluding hydrogens is 238 g/mol. The molecule has 0 aromatic rings. The van der Waals surface area contributed by atoms with Crippen LogP contribution in [0.1, 0.15) is 0 Å². The van der Waals surface area contributed by atoms with Crippen LogP contribution in [-0.4, -0.2) is 32.9 Å². The van der Waals surface area contributed by atoms with Gasteiger partial charge >= 0.3 is 16.5 Å². The van der Waals surface area contributed by atoms with Gasteiger partial charge in [0.1, 0.15) is 0 Å². The predicted octanol–water partition coefficient (Wildman–Crippen LogP) is -8.52. The summed E-state index contributed by atoms with van der Waals surface area (Å²) in [6.07, 6.45) is 0. The Kier molecular flexibility index (Phi) is 760. The molecule has 11 heteroatoms. The molecule has 0 aliphatic carbocycles. The molecular formula is H12ClNiO9+. The van der Waals surface area contributed by atoms with Gasteiger partial charge in [0.25, 0.3) is 0 Å². The minimum atomic E-state index is -2.85. The van der Waals surface area contributed by atoms with Gasteiger partial charge < -0.3 is 46.8 Å². The van der Waals surface area contributed by atoms with Gasteiger partial charge in [-0.15, -0.1) is 0 Å². The van der Waals surface area contributed by atoms with Gasteiger partial charge in [-0.05, 0) is 0 Å². The topological polar surface area (TPSA) is 258 Å². The quantitative estimate of drug-likeness (QED) is 0.379. The fraction of sp³-hybridized carbons (Fsp3) is 0. The molecule has 0 amide bonds. The summed E-state index contributed by atoms with van der Waals surface area (Å²) in [4.78, 5) is 0. The summed E-state index contributed by atoms with van der Waals surface area (Å²) in [5.74, 6) is 0. The standard InChI is InChI=1S/ClO3.Ni.6H2O/c2-1(3)4;;;;;;;/h;;6*1H2/q-1;+2;;;;;;. The van der Waals surface area contributed by atoms with Crippen LogP contribution in [-0.2, 0) is 16.5 Å². The van der Waals surface area contributed by atoms with Gasteiger partial charge in [-0.2, -0.15) is 0 Å². The van der Waals surface area contributed by atoms with Gasteiger partial charge in [-0.3, -0.25) is 0 Å². The largest absolute Gasteiger partial charge is 2.00 e. The van der Waals surface area contributed by atoms with Crippen LogP contribution in [0, 0.1) is 10.8 Å². The van der Waals surface area contributed by atoms with Gasteiger partial charge in [0, 0.05) is 0 Å². The summed E-state index contributed by atoms with van der Waals surface area (Å²) < 4.78 is 25.2. The molecule has 0 atom stereocenters. The number of hydrogen-bond donors (Lipinski definition) is 0. The first-order valence-corrected chi connectivity index (χ1v) is 1.39. The van der Waals surface area contributed by atoms with Crippen LogP contribution in [0.15, 0.2) is 0 Å². The van der Waals surface area contributed by atoms with Crippen molar-refractivity contribution < 1.29 is 74.1 Å². The average Bonchev–Trinajstić information content (AvgIpc) is 0.811. The van der Waals surface area contributed by atoms with E-state index >= 15 is 0 Å².